The quantitative estimate of drug-likeness (QED) is 0.472. The van der Waals surface area contributed by atoms with Crippen molar-refractivity contribution in [2.75, 3.05) is 0 Å². The minimum Gasteiger partial charge on any atom is -1.00 e. The van der Waals surface area contributed by atoms with Gasteiger partial charge in [0.05, 0.1) is 16.2 Å². The van der Waals surface area contributed by atoms with Crippen molar-refractivity contribution in [2.24, 2.45) is 10.4 Å². The summed E-state index contributed by atoms with van der Waals surface area (Å²) in [5, 5.41) is 23.1. The number of nitro groups is 1. The third-order valence-corrected chi connectivity index (χ3v) is 4.79. The molecule has 1 aromatic carbocycles. The Morgan fingerprint density at radius 1 is 1.37 bits per heavy atom. The average Bonchev–Trinajstić information content (AvgIpc) is 3.02. The maximum atomic E-state index is 12.2. The summed E-state index contributed by atoms with van der Waals surface area (Å²) in [6, 6.07) is 6.20. The van der Waals surface area contributed by atoms with Crippen molar-refractivity contribution < 1.29 is 27.2 Å². The molecule has 1 N–H and O–H groups in total. The fourth-order valence-electron chi connectivity index (χ4n) is 2.80. The molecular weight excluding hydrogens is 390 g/mol. The monoisotopic (exact) mass is 406 g/mol. The van der Waals surface area contributed by atoms with Crippen molar-refractivity contribution in [2.45, 2.75) is 26.7 Å². The highest BCUT2D eigenvalue weighted by Crippen LogP contribution is 2.35. The van der Waals surface area contributed by atoms with Crippen LogP contribution in [0.25, 0.3) is 11.3 Å². The number of rotatable bonds is 4. The molecule has 0 saturated carbocycles. The number of hydrogen-bond acceptors (Lipinski definition) is 7. The highest BCUT2D eigenvalue weighted by atomic mass is 35.5. The number of aromatic nitrogens is 1. The fraction of sp³-hybridized carbons (Fsp3) is 0.278. The van der Waals surface area contributed by atoms with E-state index < -0.39 is 4.92 Å². The number of non-ortho nitro benzene ring substituents is 1. The molecule has 27 heavy (non-hydrogen) atoms. The molecule has 1 aliphatic carbocycles. The summed E-state index contributed by atoms with van der Waals surface area (Å²) in [5.41, 5.74) is 1.14. The predicted octanol–water partition coefficient (Wildman–Crippen LogP) is 1.63. The number of ketones is 1. The minimum absolute atomic E-state index is 0. The van der Waals surface area contributed by atoms with E-state index in [1.807, 2.05) is 13.8 Å². The fourth-order valence-corrected chi connectivity index (χ4v) is 3.47. The third kappa shape index (κ3) is 4.78. The van der Waals surface area contributed by atoms with Crippen LogP contribution in [0.3, 0.4) is 0 Å². The first-order valence-corrected chi connectivity index (χ1v) is 8.83. The summed E-state index contributed by atoms with van der Waals surface area (Å²) in [4.78, 5) is 31.1. The Labute approximate surface area is 166 Å². The molecule has 1 heterocycles. The van der Waals surface area contributed by atoms with Crippen molar-refractivity contribution in [3.05, 3.63) is 51.1 Å². The molecular formula is C18H17ClN3O4S-. The zero-order chi connectivity index (χ0) is 18.9. The van der Waals surface area contributed by atoms with E-state index in [2.05, 4.69) is 9.98 Å². The largest absolute Gasteiger partial charge is 1.00 e. The lowest BCUT2D eigenvalue weighted by molar-refractivity contribution is -0.384. The van der Waals surface area contributed by atoms with E-state index in [4.69, 9.17) is 0 Å². The van der Waals surface area contributed by atoms with Gasteiger partial charge in [-0.2, -0.15) is 0 Å². The number of aliphatic imine (C=N–C) groups is 1. The second-order valence-corrected chi connectivity index (χ2v) is 7.72. The summed E-state index contributed by atoms with van der Waals surface area (Å²) in [6.07, 6.45) is 2.13. The van der Waals surface area contributed by atoms with E-state index in [0.29, 0.717) is 29.2 Å². The molecule has 7 nitrogen and oxygen atoms in total. The van der Waals surface area contributed by atoms with Crippen LogP contribution in [0.15, 0.2) is 46.0 Å². The van der Waals surface area contributed by atoms with Gasteiger partial charge >= 0.3 is 0 Å². The molecule has 0 aliphatic heterocycles. The zero-order valence-corrected chi connectivity index (χ0v) is 16.3. The number of aliphatic hydroxyl groups excluding tert-OH is 1. The number of nitro benzene ring substituents is 1. The van der Waals surface area contributed by atoms with E-state index in [-0.39, 0.29) is 40.6 Å². The van der Waals surface area contributed by atoms with Crippen LogP contribution in [-0.4, -0.2) is 27.0 Å². The molecule has 9 heteroatoms. The number of thiazole rings is 1. The number of aliphatic hydroxyl groups is 1. The smallest absolute Gasteiger partial charge is 0.270 e. The standard InChI is InChI=1S/C18H17N3O4S.ClH/c1-18(2)7-15(22)13(16(23)8-18)9-19-17-20-14(10-26-17)11-4-3-5-12(6-11)21(24)25;/h3-6,9-10,22H,7-8H2,1-2H3;1H/p-1/b19-9+;. The van der Waals surface area contributed by atoms with Crippen LogP contribution in [0.2, 0.25) is 0 Å². The Morgan fingerprint density at radius 3 is 2.78 bits per heavy atom. The molecule has 1 aromatic heterocycles. The molecule has 0 amide bonds. The summed E-state index contributed by atoms with van der Waals surface area (Å²) < 4.78 is 0. The second kappa shape index (κ2) is 7.98. The highest BCUT2D eigenvalue weighted by molar-refractivity contribution is 7.13. The van der Waals surface area contributed by atoms with Crippen molar-refractivity contribution in [1.29, 1.82) is 0 Å². The topological polar surface area (TPSA) is 106 Å². The summed E-state index contributed by atoms with van der Waals surface area (Å²) in [5.74, 6) is -0.0940. The van der Waals surface area contributed by atoms with Crippen molar-refractivity contribution in [3.8, 4) is 11.3 Å². The normalized spacial score (nSPS) is 16.4. The van der Waals surface area contributed by atoms with Gasteiger partial charge in [-0.25, -0.2) is 9.98 Å². The van der Waals surface area contributed by atoms with Gasteiger partial charge in [0.15, 0.2) is 5.78 Å². The maximum Gasteiger partial charge on any atom is 0.270 e. The maximum absolute atomic E-state index is 12.2. The van der Waals surface area contributed by atoms with Crippen molar-refractivity contribution in [3.63, 3.8) is 0 Å². The Bertz CT molecular complexity index is 950. The molecule has 1 aliphatic rings. The first-order valence-electron chi connectivity index (χ1n) is 7.95. The van der Waals surface area contributed by atoms with E-state index >= 15 is 0 Å². The number of carbonyl (C=O) groups excluding carboxylic acids is 1. The second-order valence-electron chi connectivity index (χ2n) is 6.88. The van der Waals surface area contributed by atoms with Crippen LogP contribution >= 0.6 is 11.3 Å². The number of hydrogen-bond donors (Lipinski definition) is 1. The van der Waals surface area contributed by atoms with Crippen LogP contribution in [0.4, 0.5) is 10.8 Å². The first kappa shape index (κ1) is 20.7. The van der Waals surface area contributed by atoms with E-state index in [9.17, 15) is 20.0 Å². The Morgan fingerprint density at radius 2 is 2.11 bits per heavy atom. The number of carbonyl (C=O) groups is 1. The molecule has 0 bridgehead atoms. The van der Waals surface area contributed by atoms with Gasteiger partial charge in [0.25, 0.3) is 5.69 Å². The van der Waals surface area contributed by atoms with Crippen molar-refractivity contribution in [1.82, 2.24) is 4.98 Å². The number of nitrogens with zero attached hydrogens (tertiary/aromatic N) is 3. The molecule has 0 atom stereocenters. The third-order valence-electron chi connectivity index (χ3n) is 4.05. The Kier molecular flexibility index (Phi) is 6.12. The van der Waals surface area contributed by atoms with Gasteiger partial charge in [-0.3, -0.25) is 14.9 Å². The molecule has 0 fully saturated rings. The van der Waals surface area contributed by atoms with E-state index in [0.717, 1.165) is 0 Å². The number of benzene rings is 1. The van der Waals surface area contributed by atoms with Gasteiger partial charge < -0.3 is 17.5 Å². The lowest BCUT2D eigenvalue weighted by atomic mass is 9.77. The Hall–Kier alpha value is -2.58. The van der Waals surface area contributed by atoms with Crippen LogP contribution in [0, 0.1) is 15.5 Å². The molecule has 2 aromatic rings. The van der Waals surface area contributed by atoms with Crippen LogP contribution in [-0.2, 0) is 4.79 Å². The van der Waals surface area contributed by atoms with E-state index in [1.54, 1.807) is 17.5 Å². The van der Waals surface area contributed by atoms with Gasteiger partial charge in [-0.15, -0.1) is 11.3 Å². The number of Topliss-reactive ketones (excluding diaryl/α,β-unsaturated/α-hetero) is 1. The van der Waals surface area contributed by atoms with Gasteiger partial charge in [-0.1, -0.05) is 26.0 Å². The summed E-state index contributed by atoms with van der Waals surface area (Å²) in [7, 11) is 0. The van der Waals surface area contributed by atoms with Gasteiger partial charge in [0, 0.05) is 42.1 Å². The molecule has 0 unspecified atom stereocenters. The first-order chi connectivity index (χ1) is 12.2. The average molecular weight is 407 g/mol. The van der Waals surface area contributed by atoms with Crippen LogP contribution in [0.5, 0.6) is 0 Å². The van der Waals surface area contributed by atoms with Gasteiger partial charge in [0.1, 0.15) is 5.76 Å². The summed E-state index contributed by atoms with van der Waals surface area (Å²) in [6.45, 7) is 3.86. The Balaban J connectivity index is 0.00000261. The predicted molar refractivity (Wildman–Crippen MR) is 100 cm³/mol. The van der Waals surface area contributed by atoms with Crippen LogP contribution in [0.1, 0.15) is 26.7 Å². The van der Waals surface area contributed by atoms with Crippen molar-refractivity contribution >= 4 is 34.2 Å². The zero-order valence-electron chi connectivity index (χ0n) is 14.7. The molecule has 3 rings (SSSR count). The van der Waals surface area contributed by atoms with E-state index in [1.165, 1.54) is 29.7 Å². The van der Waals surface area contributed by atoms with Gasteiger partial charge in [-0.05, 0) is 5.41 Å². The molecule has 142 valence electrons. The molecule has 0 saturated heterocycles. The summed E-state index contributed by atoms with van der Waals surface area (Å²) >= 11 is 1.26. The number of halogens is 1. The highest BCUT2D eigenvalue weighted by Gasteiger charge is 2.32. The molecule has 0 radical (unpaired) electrons. The van der Waals surface area contributed by atoms with Gasteiger partial charge in [0.2, 0.25) is 5.13 Å². The molecule has 0 spiro atoms. The number of allylic oxidation sites excluding steroid dienone is 2. The SMILES string of the molecule is CC1(C)CC(=O)C(/C=N/c2nc(-c3cccc([N+](=O)[O-])c3)cs2)=C(O)C1.[Cl-]. The lowest BCUT2D eigenvalue weighted by Crippen LogP contribution is -3.00. The minimum atomic E-state index is -0.458. The van der Waals surface area contributed by atoms with Crippen LogP contribution < -0.4 is 12.4 Å². The lowest BCUT2D eigenvalue weighted by Gasteiger charge is -2.28.